The van der Waals surface area contributed by atoms with Crippen LogP contribution in [0.4, 0.5) is 0 Å². The molecule has 0 aromatic heterocycles. The molecule has 2 aromatic rings. The van der Waals surface area contributed by atoms with Crippen molar-refractivity contribution < 1.29 is 5.11 Å². The van der Waals surface area contributed by atoms with Crippen LogP contribution in [0.3, 0.4) is 0 Å². The van der Waals surface area contributed by atoms with E-state index in [1.807, 2.05) is 0 Å². The van der Waals surface area contributed by atoms with E-state index in [0.29, 0.717) is 0 Å². The topological polar surface area (TPSA) is 20.2 Å². The number of phenolic OH excluding ortho intramolecular Hbond substituents is 1. The van der Waals surface area contributed by atoms with E-state index >= 15 is 0 Å². The molecule has 2 aromatic carbocycles. The SMILES string of the molecule is Oc1c(Cl)c(Cl)c(-c2c(Cl)cc(Cl)c(Cl)c2Cl)c(Cl)c1Cl. The molecule has 0 unspecified atom stereocenters. The van der Waals surface area contributed by atoms with Gasteiger partial charge in [0.2, 0.25) is 0 Å². The summed E-state index contributed by atoms with van der Waals surface area (Å²) in [6.07, 6.45) is 0. The maximum absolute atomic E-state index is 9.73. The van der Waals surface area contributed by atoms with Crippen LogP contribution in [0.1, 0.15) is 0 Å². The second-order valence-corrected chi connectivity index (χ2v) is 6.90. The summed E-state index contributed by atoms with van der Waals surface area (Å²) >= 11 is 48.2. The lowest BCUT2D eigenvalue weighted by Gasteiger charge is -2.16. The number of hydrogen-bond acceptors (Lipinski definition) is 1. The van der Waals surface area contributed by atoms with Crippen LogP contribution in [0.15, 0.2) is 6.07 Å². The van der Waals surface area contributed by atoms with Crippen LogP contribution in [0.2, 0.25) is 40.2 Å². The van der Waals surface area contributed by atoms with Gasteiger partial charge in [-0.05, 0) is 6.07 Å². The van der Waals surface area contributed by atoms with Gasteiger partial charge in [-0.25, -0.2) is 0 Å². The van der Waals surface area contributed by atoms with Gasteiger partial charge in [-0.2, -0.15) is 0 Å². The molecule has 0 amide bonds. The Morgan fingerprint density at radius 3 is 1.43 bits per heavy atom. The van der Waals surface area contributed by atoms with Crippen molar-refractivity contribution in [2.45, 2.75) is 0 Å². The fraction of sp³-hybridized carbons (Fsp3) is 0. The van der Waals surface area contributed by atoms with E-state index in [4.69, 9.17) is 92.8 Å². The van der Waals surface area contributed by atoms with Gasteiger partial charge in [0.15, 0.2) is 5.75 Å². The Morgan fingerprint density at radius 1 is 0.524 bits per heavy atom. The number of hydrogen-bond donors (Lipinski definition) is 1. The summed E-state index contributed by atoms with van der Waals surface area (Å²) in [4.78, 5) is 0. The first-order valence-electron chi connectivity index (χ1n) is 5.06. The van der Waals surface area contributed by atoms with Crippen LogP contribution in [0.5, 0.6) is 5.75 Å². The highest BCUT2D eigenvalue weighted by molar-refractivity contribution is 6.55. The molecular formula is C12H2Cl8O. The molecule has 0 aliphatic carbocycles. The molecule has 0 radical (unpaired) electrons. The number of phenols is 1. The van der Waals surface area contributed by atoms with Crippen molar-refractivity contribution in [3.8, 4) is 16.9 Å². The monoisotopic (exact) mass is 442 g/mol. The Bertz CT molecular complexity index is 727. The van der Waals surface area contributed by atoms with Crippen molar-refractivity contribution in [2.24, 2.45) is 0 Å². The van der Waals surface area contributed by atoms with Crippen molar-refractivity contribution in [1.29, 1.82) is 0 Å². The van der Waals surface area contributed by atoms with Gasteiger partial charge < -0.3 is 5.11 Å². The molecule has 21 heavy (non-hydrogen) atoms. The maximum Gasteiger partial charge on any atom is 0.155 e. The molecule has 0 spiro atoms. The minimum Gasteiger partial charge on any atom is -0.505 e. The zero-order chi connectivity index (χ0) is 16.1. The van der Waals surface area contributed by atoms with Crippen LogP contribution in [0.25, 0.3) is 11.1 Å². The van der Waals surface area contributed by atoms with Crippen LogP contribution >= 0.6 is 92.8 Å². The van der Waals surface area contributed by atoms with Gasteiger partial charge in [-0.15, -0.1) is 0 Å². The predicted octanol–water partition coefficient (Wildman–Crippen LogP) is 8.29. The number of benzene rings is 2. The van der Waals surface area contributed by atoms with Crippen LogP contribution in [-0.4, -0.2) is 5.11 Å². The van der Waals surface area contributed by atoms with Gasteiger partial charge in [0.25, 0.3) is 0 Å². The second kappa shape index (κ2) is 6.59. The first kappa shape index (κ1) is 17.9. The Morgan fingerprint density at radius 2 is 0.952 bits per heavy atom. The first-order valence-corrected chi connectivity index (χ1v) is 8.09. The Hall–Kier alpha value is 0.560. The molecule has 0 saturated heterocycles. The third-order valence-electron chi connectivity index (χ3n) is 2.60. The lowest BCUT2D eigenvalue weighted by atomic mass is 10.0. The highest BCUT2D eigenvalue weighted by Crippen LogP contribution is 2.53. The van der Waals surface area contributed by atoms with E-state index in [1.54, 1.807) is 0 Å². The summed E-state index contributed by atoms with van der Waals surface area (Å²) in [5, 5.41) is 9.67. The zero-order valence-corrected chi connectivity index (χ0v) is 15.6. The van der Waals surface area contributed by atoms with E-state index in [9.17, 15) is 5.11 Å². The van der Waals surface area contributed by atoms with Gasteiger partial charge in [0.1, 0.15) is 10.0 Å². The van der Waals surface area contributed by atoms with Crippen molar-refractivity contribution in [2.75, 3.05) is 0 Å². The molecule has 0 heterocycles. The molecule has 0 fully saturated rings. The Balaban J connectivity index is 2.96. The number of aromatic hydroxyl groups is 1. The molecule has 1 nitrogen and oxygen atoms in total. The van der Waals surface area contributed by atoms with Gasteiger partial charge in [-0.1, -0.05) is 92.8 Å². The van der Waals surface area contributed by atoms with Gasteiger partial charge in [0.05, 0.1) is 30.1 Å². The molecule has 2 rings (SSSR count). The van der Waals surface area contributed by atoms with Gasteiger partial charge in [-0.3, -0.25) is 0 Å². The maximum atomic E-state index is 9.73. The molecule has 0 aliphatic rings. The third kappa shape index (κ3) is 3.00. The summed E-state index contributed by atoms with van der Waals surface area (Å²) in [6.45, 7) is 0. The normalized spacial score (nSPS) is 11.0. The number of halogens is 8. The largest absolute Gasteiger partial charge is 0.505 e. The smallest absolute Gasteiger partial charge is 0.155 e. The molecule has 112 valence electrons. The summed E-state index contributed by atoms with van der Waals surface area (Å²) in [5.74, 6) is -0.440. The highest BCUT2D eigenvalue weighted by atomic mass is 35.5. The Kier molecular flexibility index (Phi) is 5.62. The molecule has 1 N–H and O–H groups in total. The highest BCUT2D eigenvalue weighted by Gasteiger charge is 2.25. The minimum absolute atomic E-state index is 0.0378. The van der Waals surface area contributed by atoms with Crippen molar-refractivity contribution in [1.82, 2.24) is 0 Å². The molecule has 0 atom stereocenters. The van der Waals surface area contributed by atoms with Crippen LogP contribution < -0.4 is 0 Å². The minimum atomic E-state index is -0.440. The molecule has 0 bridgehead atoms. The molecular weight excluding hydrogens is 444 g/mol. The van der Waals surface area contributed by atoms with Crippen molar-refractivity contribution in [3.63, 3.8) is 0 Å². The third-order valence-corrected chi connectivity index (χ3v) is 5.85. The van der Waals surface area contributed by atoms with E-state index in [2.05, 4.69) is 0 Å². The van der Waals surface area contributed by atoms with Crippen LogP contribution in [-0.2, 0) is 0 Å². The van der Waals surface area contributed by atoms with E-state index in [-0.39, 0.29) is 51.3 Å². The fourth-order valence-corrected chi connectivity index (χ4v) is 3.77. The van der Waals surface area contributed by atoms with Gasteiger partial charge in [0, 0.05) is 11.1 Å². The van der Waals surface area contributed by atoms with Crippen LogP contribution in [0, 0.1) is 0 Å². The average Bonchev–Trinajstić information content (AvgIpc) is 2.44. The van der Waals surface area contributed by atoms with E-state index in [1.165, 1.54) is 6.07 Å². The molecule has 0 aliphatic heterocycles. The summed E-state index contributed by atoms with van der Waals surface area (Å²) in [7, 11) is 0. The van der Waals surface area contributed by atoms with E-state index < -0.39 is 5.75 Å². The summed E-state index contributed by atoms with van der Waals surface area (Å²) in [5.41, 5.74) is 0.367. The fourth-order valence-electron chi connectivity index (χ4n) is 1.63. The van der Waals surface area contributed by atoms with Crippen molar-refractivity contribution >= 4 is 92.8 Å². The standard InChI is InChI=1S/C12H2Cl8O/c13-2-1-3(14)6(15)7(16)4(2)5-8(17)10(19)12(21)11(20)9(5)18/h1,21H. The molecule has 9 heteroatoms. The lowest BCUT2D eigenvalue weighted by Crippen LogP contribution is -1.90. The Labute approximate surface area is 160 Å². The lowest BCUT2D eigenvalue weighted by molar-refractivity contribution is 0.476. The summed E-state index contributed by atoms with van der Waals surface area (Å²) in [6, 6.07) is 1.38. The van der Waals surface area contributed by atoms with Gasteiger partial charge >= 0.3 is 0 Å². The molecule has 0 saturated carbocycles. The zero-order valence-electron chi connectivity index (χ0n) is 9.55. The summed E-state index contributed by atoms with van der Waals surface area (Å²) < 4.78 is 0. The first-order chi connectivity index (χ1) is 9.68. The predicted molar refractivity (Wildman–Crippen MR) is 93.6 cm³/mol. The average molecular weight is 446 g/mol. The quantitative estimate of drug-likeness (QED) is 0.346. The number of rotatable bonds is 1. The van der Waals surface area contributed by atoms with Crippen molar-refractivity contribution in [3.05, 3.63) is 46.2 Å². The second-order valence-electron chi connectivity index (χ2n) is 3.82. The van der Waals surface area contributed by atoms with E-state index in [0.717, 1.165) is 0 Å².